The summed E-state index contributed by atoms with van der Waals surface area (Å²) in [7, 11) is 0. The number of nitrogens with two attached hydrogens (primary N) is 1. The summed E-state index contributed by atoms with van der Waals surface area (Å²) in [5, 5.41) is 2.99. The first kappa shape index (κ1) is 14.2. The van der Waals surface area contributed by atoms with Gasteiger partial charge in [-0.15, -0.1) is 0 Å². The minimum atomic E-state index is -0.822. The van der Waals surface area contributed by atoms with E-state index >= 15 is 0 Å². The molecule has 2 rings (SSSR count). The summed E-state index contributed by atoms with van der Waals surface area (Å²) in [6, 6.07) is 1.64. The molecular weight excluding hydrogens is 264 g/mol. The lowest BCUT2D eigenvalue weighted by atomic mass is 9.76. The van der Waals surface area contributed by atoms with Crippen LogP contribution in [0.3, 0.4) is 0 Å². The number of carbonyl (C=O) groups is 1. The third-order valence-electron chi connectivity index (χ3n) is 3.53. The zero-order valence-corrected chi connectivity index (χ0v) is 12.0. The number of aryl methyl sites for hydroxylation is 1. The second-order valence-corrected chi connectivity index (χ2v) is 5.85. The normalized spacial score (nSPS) is 27.1. The molecule has 0 aliphatic heterocycles. The topological polar surface area (TPSA) is 80.9 Å². The van der Waals surface area contributed by atoms with Gasteiger partial charge in [-0.2, -0.15) is 0 Å². The molecule has 1 heterocycles. The van der Waals surface area contributed by atoms with Crippen LogP contribution < -0.4 is 11.1 Å². The standard InChI is InChI=1S/C13H19ClN4O/c1-8-4-3-5-13(15,7-8)11(19)18-12-16-9(2)6-10(14)17-12/h6,8H,3-5,7,15H2,1-2H3,(H,16,17,18,19). The summed E-state index contributed by atoms with van der Waals surface area (Å²) < 4.78 is 0. The fourth-order valence-corrected chi connectivity index (χ4v) is 2.85. The number of rotatable bonds is 2. The third-order valence-corrected chi connectivity index (χ3v) is 3.73. The van der Waals surface area contributed by atoms with E-state index in [2.05, 4.69) is 22.2 Å². The van der Waals surface area contributed by atoms with E-state index in [0.717, 1.165) is 12.8 Å². The summed E-state index contributed by atoms with van der Waals surface area (Å²) in [6.07, 6.45) is 3.49. The average molecular weight is 283 g/mol. The Kier molecular flexibility index (Phi) is 4.06. The molecule has 2 atom stereocenters. The van der Waals surface area contributed by atoms with Crippen molar-refractivity contribution in [1.29, 1.82) is 0 Å². The van der Waals surface area contributed by atoms with Gasteiger partial charge in [-0.05, 0) is 31.7 Å². The molecule has 0 spiro atoms. The van der Waals surface area contributed by atoms with Crippen molar-refractivity contribution < 1.29 is 4.79 Å². The number of nitrogens with zero attached hydrogens (tertiary/aromatic N) is 2. The Morgan fingerprint density at radius 2 is 2.32 bits per heavy atom. The number of amides is 1. The van der Waals surface area contributed by atoms with E-state index in [1.54, 1.807) is 13.0 Å². The van der Waals surface area contributed by atoms with E-state index in [9.17, 15) is 4.79 Å². The first-order chi connectivity index (χ1) is 8.89. The largest absolute Gasteiger partial charge is 0.317 e. The lowest BCUT2D eigenvalue weighted by Crippen LogP contribution is -2.53. The van der Waals surface area contributed by atoms with Crippen molar-refractivity contribution in [3.8, 4) is 0 Å². The summed E-state index contributed by atoms with van der Waals surface area (Å²) >= 11 is 5.84. The van der Waals surface area contributed by atoms with E-state index in [1.165, 1.54) is 0 Å². The van der Waals surface area contributed by atoms with Crippen molar-refractivity contribution >= 4 is 23.5 Å². The molecule has 1 aromatic heterocycles. The van der Waals surface area contributed by atoms with Crippen LogP contribution in [-0.4, -0.2) is 21.4 Å². The summed E-state index contributed by atoms with van der Waals surface area (Å²) in [4.78, 5) is 20.4. The van der Waals surface area contributed by atoms with Crippen LogP contribution in [0.15, 0.2) is 6.07 Å². The zero-order valence-electron chi connectivity index (χ0n) is 11.2. The smallest absolute Gasteiger partial charge is 0.246 e. The van der Waals surface area contributed by atoms with Crippen molar-refractivity contribution in [2.45, 2.75) is 45.1 Å². The van der Waals surface area contributed by atoms with Crippen molar-refractivity contribution in [3.05, 3.63) is 16.9 Å². The maximum absolute atomic E-state index is 12.3. The van der Waals surface area contributed by atoms with Crippen LogP contribution in [0.2, 0.25) is 5.15 Å². The van der Waals surface area contributed by atoms with Gasteiger partial charge >= 0.3 is 0 Å². The molecule has 0 aromatic carbocycles. The number of hydrogen-bond donors (Lipinski definition) is 2. The maximum Gasteiger partial charge on any atom is 0.246 e. The SMILES string of the molecule is Cc1cc(Cl)nc(NC(=O)C2(N)CCCC(C)C2)n1. The van der Waals surface area contributed by atoms with E-state index in [-0.39, 0.29) is 11.9 Å². The van der Waals surface area contributed by atoms with Crippen LogP contribution in [0.25, 0.3) is 0 Å². The summed E-state index contributed by atoms with van der Waals surface area (Å²) in [5.74, 6) is 0.463. The second kappa shape index (κ2) is 5.43. The maximum atomic E-state index is 12.3. The quantitative estimate of drug-likeness (QED) is 0.816. The highest BCUT2D eigenvalue weighted by atomic mass is 35.5. The fourth-order valence-electron chi connectivity index (χ4n) is 2.61. The highest BCUT2D eigenvalue weighted by Crippen LogP contribution is 2.31. The van der Waals surface area contributed by atoms with Crippen LogP contribution in [0.4, 0.5) is 5.95 Å². The predicted octanol–water partition coefficient (Wildman–Crippen LogP) is 2.28. The molecule has 3 N–H and O–H groups in total. The van der Waals surface area contributed by atoms with E-state index < -0.39 is 5.54 Å². The predicted molar refractivity (Wildman–Crippen MR) is 75.0 cm³/mol. The van der Waals surface area contributed by atoms with E-state index in [1.807, 2.05) is 0 Å². The molecule has 0 saturated heterocycles. The molecular formula is C13H19ClN4O. The minimum Gasteiger partial charge on any atom is -0.317 e. The fraction of sp³-hybridized carbons (Fsp3) is 0.615. The lowest BCUT2D eigenvalue weighted by Gasteiger charge is -2.35. The van der Waals surface area contributed by atoms with Crippen molar-refractivity contribution in [1.82, 2.24) is 9.97 Å². The van der Waals surface area contributed by atoms with Gasteiger partial charge in [0.15, 0.2) is 0 Å². The first-order valence-electron chi connectivity index (χ1n) is 6.50. The summed E-state index contributed by atoms with van der Waals surface area (Å²) in [6.45, 7) is 3.91. The highest BCUT2D eigenvalue weighted by molar-refractivity contribution is 6.29. The number of carbonyl (C=O) groups excluding carboxylic acids is 1. The van der Waals surface area contributed by atoms with Gasteiger partial charge in [0, 0.05) is 5.69 Å². The minimum absolute atomic E-state index is 0.220. The number of halogens is 1. The number of hydrogen-bond acceptors (Lipinski definition) is 4. The number of nitrogens with one attached hydrogen (secondary N) is 1. The van der Waals surface area contributed by atoms with Crippen LogP contribution >= 0.6 is 11.6 Å². The van der Waals surface area contributed by atoms with Gasteiger partial charge in [-0.1, -0.05) is 31.4 Å². The van der Waals surface area contributed by atoms with Crippen molar-refractivity contribution in [2.24, 2.45) is 11.7 Å². The second-order valence-electron chi connectivity index (χ2n) is 5.47. The Morgan fingerprint density at radius 1 is 1.58 bits per heavy atom. The first-order valence-corrected chi connectivity index (χ1v) is 6.88. The van der Waals surface area contributed by atoms with Gasteiger partial charge in [0.05, 0.1) is 5.54 Å². The molecule has 104 valence electrons. The molecule has 1 aliphatic carbocycles. The van der Waals surface area contributed by atoms with E-state index in [4.69, 9.17) is 17.3 Å². The van der Waals surface area contributed by atoms with Crippen LogP contribution in [-0.2, 0) is 4.79 Å². The molecule has 5 nitrogen and oxygen atoms in total. The van der Waals surface area contributed by atoms with Crippen LogP contribution in [0, 0.1) is 12.8 Å². The Bertz CT molecular complexity index is 473. The molecule has 1 aromatic rings. The Labute approximate surface area is 118 Å². The lowest BCUT2D eigenvalue weighted by molar-refractivity contribution is -0.122. The monoisotopic (exact) mass is 282 g/mol. The Morgan fingerprint density at radius 3 is 2.95 bits per heavy atom. The van der Waals surface area contributed by atoms with Crippen LogP contribution in [0.5, 0.6) is 0 Å². The van der Waals surface area contributed by atoms with Gasteiger partial charge < -0.3 is 5.73 Å². The number of anilines is 1. The summed E-state index contributed by atoms with van der Waals surface area (Å²) in [5.41, 5.74) is 6.10. The Hall–Kier alpha value is -1.20. The van der Waals surface area contributed by atoms with Crippen LogP contribution in [0.1, 0.15) is 38.3 Å². The molecule has 2 unspecified atom stereocenters. The number of aromatic nitrogens is 2. The van der Waals surface area contributed by atoms with Crippen molar-refractivity contribution in [3.63, 3.8) is 0 Å². The zero-order chi connectivity index (χ0) is 14.0. The molecule has 1 amide bonds. The molecule has 1 aliphatic rings. The van der Waals surface area contributed by atoms with Gasteiger partial charge in [0.25, 0.3) is 0 Å². The molecule has 19 heavy (non-hydrogen) atoms. The average Bonchev–Trinajstić information content (AvgIpc) is 2.26. The molecule has 6 heteroatoms. The van der Waals surface area contributed by atoms with Crippen molar-refractivity contribution in [2.75, 3.05) is 5.32 Å². The molecule has 1 saturated carbocycles. The van der Waals surface area contributed by atoms with Gasteiger partial charge in [0.1, 0.15) is 5.15 Å². The third kappa shape index (κ3) is 3.42. The van der Waals surface area contributed by atoms with Gasteiger partial charge in [-0.3, -0.25) is 10.1 Å². The molecule has 0 bridgehead atoms. The van der Waals surface area contributed by atoms with Gasteiger partial charge in [-0.25, -0.2) is 9.97 Å². The molecule has 0 radical (unpaired) electrons. The molecule has 1 fully saturated rings. The van der Waals surface area contributed by atoms with E-state index in [0.29, 0.717) is 29.6 Å². The van der Waals surface area contributed by atoms with Gasteiger partial charge in [0.2, 0.25) is 11.9 Å². The highest BCUT2D eigenvalue weighted by Gasteiger charge is 2.38. The Balaban J connectivity index is 2.11.